The predicted octanol–water partition coefficient (Wildman–Crippen LogP) is 1.26. The van der Waals surface area contributed by atoms with E-state index in [1.807, 2.05) is 10.9 Å². The molecular formula is C10H16N4O. The monoisotopic (exact) mass is 208 g/mol. The zero-order chi connectivity index (χ0) is 10.8. The maximum absolute atomic E-state index is 8.68. The third-order valence-electron chi connectivity index (χ3n) is 2.59. The lowest BCUT2D eigenvalue weighted by Crippen LogP contribution is -2.14. The van der Waals surface area contributed by atoms with E-state index in [2.05, 4.69) is 17.2 Å². The summed E-state index contributed by atoms with van der Waals surface area (Å²) in [5.74, 6) is 0.678. The summed E-state index contributed by atoms with van der Waals surface area (Å²) in [6.45, 7) is 2.97. The van der Waals surface area contributed by atoms with Crippen molar-refractivity contribution in [2.24, 2.45) is 10.9 Å². The summed E-state index contributed by atoms with van der Waals surface area (Å²) in [6, 6.07) is 0. The summed E-state index contributed by atoms with van der Waals surface area (Å²) in [5.41, 5.74) is 7.39. The number of nitrogens with two attached hydrogens (primary N) is 1. The van der Waals surface area contributed by atoms with Crippen LogP contribution in [0.15, 0.2) is 11.4 Å². The molecule has 0 atom stereocenters. The fraction of sp³-hybridized carbons (Fsp3) is 0.600. The first-order valence-electron chi connectivity index (χ1n) is 5.31. The van der Waals surface area contributed by atoms with Crippen LogP contribution in [0, 0.1) is 0 Å². The Morgan fingerprint density at radius 3 is 3.00 bits per heavy atom. The molecule has 1 aromatic rings. The fourth-order valence-corrected chi connectivity index (χ4v) is 1.69. The van der Waals surface area contributed by atoms with Gasteiger partial charge in [0.15, 0.2) is 5.84 Å². The third kappa shape index (κ3) is 1.95. The highest BCUT2D eigenvalue weighted by Gasteiger charge is 2.30. The van der Waals surface area contributed by atoms with Gasteiger partial charge in [-0.1, -0.05) is 12.1 Å². The van der Waals surface area contributed by atoms with Gasteiger partial charge >= 0.3 is 0 Å². The molecule has 5 nitrogen and oxygen atoms in total. The molecule has 0 amide bonds. The van der Waals surface area contributed by atoms with Crippen LogP contribution in [0.25, 0.3) is 0 Å². The van der Waals surface area contributed by atoms with Gasteiger partial charge in [0.05, 0.1) is 11.3 Å². The highest BCUT2D eigenvalue weighted by Crippen LogP contribution is 2.40. The molecule has 3 N–H and O–H groups in total. The Morgan fingerprint density at radius 2 is 2.47 bits per heavy atom. The van der Waals surface area contributed by atoms with E-state index in [4.69, 9.17) is 10.9 Å². The van der Waals surface area contributed by atoms with Gasteiger partial charge in [-0.05, 0) is 19.3 Å². The number of aryl methyl sites for hydroxylation is 1. The van der Waals surface area contributed by atoms with E-state index in [9.17, 15) is 0 Å². The minimum absolute atomic E-state index is 0.166. The molecule has 0 bridgehead atoms. The fourth-order valence-electron chi connectivity index (χ4n) is 1.69. The van der Waals surface area contributed by atoms with Crippen molar-refractivity contribution in [2.75, 3.05) is 0 Å². The molecule has 1 aliphatic rings. The van der Waals surface area contributed by atoms with Crippen LogP contribution in [0.1, 0.15) is 43.4 Å². The second-order valence-corrected chi connectivity index (χ2v) is 3.95. The largest absolute Gasteiger partial charge is 0.409 e. The molecule has 5 heteroatoms. The van der Waals surface area contributed by atoms with Gasteiger partial charge in [-0.15, -0.1) is 0 Å². The van der Waals surface area contributed by atoms with Crippen molar-refractivity contribution in [1.29, 1.82) is 0 Å². The molecule has 2 rings (SSSR count). The van der Waals surface area contributed by atoms with Crippen LogP contribution in [-0.2, 0) is 6.54 Å². The molecule has 1 heterocycles. The molecule has 0 spiro atoms. The highest BCUT2D eigenvalue weighted by atomic mass is 16.4. The van der Waals surface area contributed by atoms with Crippen LogP contribution in [0.3, 0.4) is 0 Å². The van der Waals surface area contributed by atoms with Crippen LogP contribution in [0.2, 0.25) is 0 Å². The summed E-state index contributed by atoms with van der Waals surface area (Å²) in [4.78, 5) is 0. The van der Waals surface area contributed by atoms with Gasteiger partial charge in [-0.2, -0.15) is 5.10 Å². The first-order chi connectivity index (χ1) is 7.26. The van der Waals surface area contributed by atoms with Crippen molar-refractivity contribution >= 4 is 5.84 Å². The number of oxime groups is 1. The van der Waals surface area contributed by atoms with Crippen LogP contribution < -0.4 is 5.73 Å². The zero-order valence-corrected chi connectivity index (χ0v) is 8.85. The molecular weight excluding hydrogens is 192 g/mol. The van der Waals surface area contributed by atoms with Gasteiger partial charge in [0, 0.05) is 18.7 Å². The normalized spacial score (nSPS) is 17.0. The van der Waals surface area contributed by atoms with Crippen LogP contribution in [0.4, 0.5) is 0 Å². The minimum atomic E-state index is 0.166. The van der Waals surface area contributed by atoms with Crippen LogP contribution in [0.5, 0.6) is 0 Å². The van der Waals surface area contributed by atoms with E-state index in [0.29, 0.717) is 5.92 Å². The van der Waals surface area contributed by atoms with Gasteiger partial charge in [-0.25, -0.2) is 0 Å². The summed E-state index contributed by atoms with van der Waals surface area (Å²) in [6.07, 6.45) is 5.22. The Morgan fingerprint density at radius 1 is 1.73 bits per heavy atom. The Hall–Kier alpha value is -1.52. The van der Waals surface area contributed by atoms with Gasteiger partial charge < -0.3 is 10.9 Å². The number of hydrogen-bond donors (Lipinski definition) is 2. The van der Waals surface area contributed by atoms with Crippen molar-refractivity contribution < 1.29 is 5.21 Å². The Balaban J connectivity index is 2.32. The average Bonchev–Trinajstić information content (AvgIpc) is 3.00. The SMILES string of the molecule is CCCn1cc(/C(N)=N\O)c(C2CC2)n1. The maximum Gasteiger partial charge on any atom is 0.173 e. The quantitative estimate of drug-likeness (QED) is 0.338. The molecule has 1 aliphatic carbocycles. The van der Waals surface area contributed by atoms with Crippen molar-refractivity contribution in [1.82, 2.24) is 9.78 Å². The lowest BCUT2D eigenvalue weighted by atomic mass is 10.2. The van der Waals surface area contributed by atoms with Gasteiger partial charge in [-0.3, -0.25) is 4.68 Å². The van der Waals surface area contributed by atoms with Crippen molar-refractivity contribution in [2.45, 2.75) is 38.6 Å². The molecule has 82 valence electrons. The molecule has 15 heavy (non-hydrogen) atoms. The smallest absolute Gasteiger partial charge is 0.173 e. The highest BCUT2D eigenvalue weighted by molar-refractivity contribution is 5.98. The number of hydrogen-bond acceptors (Lipinski definition) is 3. The lowest BCUT2D eigenvalue weighted by Gasteiger charge is -1.96. The van der Waals surface area contributed by atoms with Crippen molar-refractivity contribution in [3.05, 3.63) is 17.5 Å². The Kier molecular flexibility index (Phi) is 2.62. The van der Waals surface area contributed by atoms with E-state index in [1.165, 1.54) is 0 Å². The molecule has 1 aromatic heterocycles. The summed E-state index contributed by atoms with van der Waals surface area (Å²) in [5, 5.41) is 16.2. The topological polar surface area (TPSA) is 76.4 Å². The molecule has 0 radical (unpaired) electrons. The van der Waals surface area contributed by atoms with Crippen molar-refractivity contribution in [3.8, 4) is 0 Å². The van der Waals surface area contributed by atoms with E-state index in [-0.39, 0.29) is 5.84 Å². The van der Waals surface area contributed by atoms with Crippen LogP contribution in [-0.4, -0.2) is 20.8 Å². The second-order valence-electron chi connectivity index (χ2n) is 3.95. The van der Waals surface area contributed by atoms with Gasteiger partial charge in [0.25, 0.3) is 0 Å². The van der Waals surface area contributed by atoms with Crippen molar-refractivity contribution in [3.63, 3.8) is 0 Å². The predicted molar refractivity (Wildman–Crippen MR) is 57.0 cm³/mol. The number of amidine groups is 1. The molecule has 0 aromatic carbocycles. The summed E-state index contributed by atoms with van der Waals surface area (Å²) < 4.78 is 1.88. The van der Waals surface area contributed by atoms with E-state index in [0.717, 1.165) is 37.1 Å². The Bertz CT molecular complexity index is 379. The standard InChI is InChI=1S/C10H16N4O/c1-2-5-14-6-8(10(11)13-15)9(12-14)7-3-4-7/h6-7,15H,2-5H2,1H3,(H2,11,13). The molecule has 1 saturated carbocycles. The minimum Gasteiger partial charge on any atom is -0.409 e. The lowest BCUT2D eigenvalue weighted by molar-refractivity contribution is 0.318. The van der Waals surface area contributed by atoms with Crippen LogP contribution >= 0.6 is 0 Å². The molecule has 1 fully saturated rings. The summed E-state index contributed by atoms with van der Waals surface area (Å²) >= 11 is 0. The van der Waals surface area contributed by atoms with E-state index in [1.54, 1.807) is 0 Å². The number of nitrogens with zero attached hydrogens (tertiary/aromatic N) is 3. The average molecular weight is 208 g/mol. The molecule has 0 unspecified atom stereocenters. The second kappa shape index (κ2) is 3.92. The van der Waals surface area contributed by atoms with E-state index < -0.39 is 0 Å². The molecule has 0 aliphatic heterocycles. The maximum atomic E-state index is 8.68. The number of aromatic nitrogens is 2. The van der Waals surface area contributed by atoms with Gasteiger partial charge in [0.2, 0.25) is 0 Å². The van der Waals surface area contributed by atoms with Gasteiger partial charge in [0.1, 0.15) is 0 Å². The Labute approximate surface area is 88.6 Å². The zero-order valence-electron chi connectivity index (χ0n) is 8.85. The number of rotatable bonds is 4. The molecule has 0 saturated heterocycles. The third-order valence-corrected chi connectivity index (χ3v) is 2.59. The van der Waals surface area contributed by atoms with E-state index >= 15 is 0 Å². The first kappa shape index (κ1) is 10.0. The summed E-state index contributed by atoms with van der Waals surface area (Å²) in [7, 11) is 0. The first-order valence-corrected chi connectivity index (χ1v) is 5.31.